The van der Waals surface area contributed by atoms with Gasteiger partial charge in [-0.15, -0.1) is 0 Å². The minimum atomic E-state index is 0.212. The standard InChI is InChI=1S/C6H12N2O2.Al/c7-8(10-9)6-4-2-1-3-5-6;/h6-7H,1-5H2;/q;+1. The van der Waals surface area contributed by atoms with E-state index in [0.29, 0.717) is 0 Å². The second kappa shape index (κ2) is 4.71. The number of hydroxylamine groups is 1. The third-order valence-corrected chi connectivity index (χ3v) is 2.12. The van der Waals surface area contributed by atoms with Gasteiger partial charge >= 0.3 is 16.6 Å². The Bertz CT molecular complexity index is 137. The average Bonchev–Trinajstić information content (AvgIpc) is 2.07. The first-order valence-electron chi connectivity index (χ1n) is 3.88. The second-order valence-corrected chi connectivity index (χ2v) is 2.98. The molecule has 1 aliphatic carbocycles. The molecule has 0 heterocycles. The summed E-state index contributed by atoms with van der Waals surface area (Å²) in [6.45, 7) is 0. The van der Waals surface area contributed by atoms with Gasteiger partial charge < -0.3 is 0 Å². The van der Waals surface area contributed by atoms with Gasteiger partial charge in [0.05, 0.1) is 0 Å². The lowest BCUT2D eigenvalue weighted by atomic mass is 9.96. The molecule has 0 bridgehead atoms. The summed E-state index contributed by atoms with van der Waals surface area (Å²) in [5.41, 5.74) is 7.34. The van der Waals surface area contributed by atoms with Crippen molar-refractivity contribution >= 4 is 16.6 Å². The molecule has 0 unspecified atom stereocenters. The fourth-order valence-electron chi connectivity index (χ4n) is 1.42. The minimum Gasteiger partial charge on any atom is -0.298 e. The zero-order valence-electron chi connectivity index (χ0n) is 6.45. The maximum atomic E-state index is 7.34. The van der Waals surface area contributed by atoms with E-state index < -0.39 is 0 Å². The lowest BCUT2D eigenvalue weighted by Gasteiger charge is -2.13. The molecule has 0 aromatic rings. The van der Waals surface area contributed by atoms with Crippen LogP contribution in [0.15, 0.2) is 0 Å². The Morgan fingerprint density at radius 2 is 1.91 bits per heavy atom. The molecule has 1 saturated carbocycles. The molecule has 1 N–H and O–H groups in total. The highest BCUT2D eigenvalue weighted by Crippen LogP contribution is 2.19. The molecule has 2 radical (unpaired) electrons. The van der Waals surface area contributed by atoms with Crippen molar-refractivity contribution in [1.82, 2.24) is 0 Å². The Kier molecular flexibility index (Phi) is 3.84. The van der Waals surface area contributed by atoms with Crippen LogP contribution in [0.1, 0.15) is 32.1 Å². The summed E-state index contributed by atoms with van der Waals surface area (Å²) >= 11 is 1.96. The van der Waals surface area contributed by atoms with E-state index in [2.05, 4.69) is 8.93 Å². The van der Waals surface area contributed by atoms with Gasteiger partial charge in [0, 0.05) is 12.8 Å². The molecule has 0 aromatic heterocycles. The zero-order chi connectivity index (χ0) is 8.10. The van der Waals surface area contributed by atoms with Crippen molar-refractivity contribution in [3.63, 3.8) is 0 Å². The number of hydrogen-bond donors (Lipinski definition) is 1. The highest BCUT2D eigenvalue weighted by atomic mass is 27.1. The second-order valence-electron chi connectivity index (χ2n) is 2.79. The van der Waals surface area contributed by atoms with E-state index in [1.807, 2.05) is 16.6 Å². The monoisotopic (exact) mass is 171 g/mol. The maximum Gasteiger partial charge on any atom is 0.470 e. The summed E-state index contributed by atoms with van der Waals surface area (Å²) in [6, 6.07) is 0.212. The van der Waals surface area contributed by atoms with E-state index in [4.69, 9.17) is 5.53 Å². The highest BCUT2D eigenvalue weighted by molar-refractivity contribution is 5.97. The smallest absolute Gasteiger partial charge is 0.298 e. The van der Waals surface area contributed by atoms with Crippen LogP contribution in [-0.4, -0.2) is 27.5 Å². The molecule has 0 aromatic carbocycles. The van der Waals surface area contributed by atoms with Gasteiger partial charge in [0.15, 0.2) is 0 Å². The van der Waals surface area contributed by atoms with Crippen molar-refractivity contribution in [2.45, 2.75) is 38.1 Å². The topological polar surface area (TPSA) is 45.3 Å². The summed E-state index contributed by atoms with van der Waals surface area (Å²) in [7, 11) is 0. The minimum absolute atomic E-state index is 0.212. The van der Waals surface area contributed by atoms with Crippen LogP contribution >= 0.6 is 0 Å². The molecule has 4 nitrogen and oxygen atoms in total. The molecule has 1 fully saturated rings. The van der Waals surface area contributed by atoms with Crippen LogP contribution in [0.5, 0.6) is 0 Å². The molecule has 1 aliphatic rings. The molecule has 0 atom stereocenters. The number of nitrogens with one attached hydrogen (secondary N) is 1. The fourth-order valence-corrected chi connectivity index (χ4v) is 1.52. The predicted molar refractivity (Wildman–Crippen MR) is 37.8 cm³/mol. The Morgan fingerprint density at radius 1 is 1.27 bits per heavy atom. The van der Waals surface area contributed by atoms with Gasteiger partial charge in [-0.3, -0.25) is 3.94 Å². The van der Waals surface area contributed by atoms with Crippen LogP contribution in [0.25, 0.3) is 0 Å². The van der Waals surface area contributed by atoms with Gasteiger partial charge in [-0.2, -0.15) is 0 Å². The van der Waals surface area contributed by atoms with Crippen LogP contribution in [0.2, 0.25) is 0 Å². The molecular formula is C6H12AlN2O2+. The quantitative estimate of drug-likeness (QED) is 0.229. The van der Waals surface area contributed by atoms with E-state index in [-0.39, 0.29) is 6.04 Å². The summed E-state index contributed by atoms with van der Waals surface area (Å²) < 4.78 is 4.31. The van der Waals surface area contributed by atoms with Crippen LogP contribution in [-0.2, 0) is 8.93 Å². The van der Waals surface area contributed by atoms with Gasteiger partial charge in [0.2, 0.25) is 6.04 Å². The number of nitrogens with zero attached hydrogens (tertiary/aromatic N) is 1. The van der Waals surface area contributed by atoms with Crippen molar-refractivity contribution in [1.29, 1.82) is 5.53 Å². The van der Waals surface area contributed by atoms with Gasteiger partial charge in [-0.05, 0) is 18.4 Å². The predicted octanol–water partition coefficient (Wildman–Crippen LogP) is 1.31. The SMILES string of the molecule is N=[N+](O[O][Al])C1CCCCC1. The lowest BCUT2D eigenvalue weighted by molar-refractivity contribution is -0.931. The van der Waals surface area contributed by atoms with Gasteiger partial charge in [0.1, 0.15) is 4.86 Å². The van der Waals surface area contributed by atoms with Gasteiger partial charge in [-0.25, -0.2) is 0 Å². The highest BCUT2D eigenvalue weighted by Gasteiger charge is 2.26. The van der Waals surface area contributed by atoms with E-state index >= 15 is 0 Å². The van der Waals surface area contributed by atoms with Crippen molar-refractivity contribution in [2.75, 3.05) is 0 Å². The summed E-state index contributed by atoms with van der Waals surface area (Å²) in [4.78, 5) is 5.59. The normalized spacial score (nSPS) is 19.6. The van der Waals surface area contributed by atoms with Crippen LogP contribution in [0.3, 0.4) is 0 Å². The van der Waals surface area contributed by atoms with Crippen molar-refractivity contribution in [2.24, 2.45) is 0 Å². The van der Waals surface area contributed by atoms with Gasteiger partial charge in [0.25, 0.3) is 0 Å². The van der Waals surface area contributed by atoms with Crippen molar-refractivity contribution < 1.29 is 13.8 Å². The van der Waals surface area contributed by atoms with Crippen molar-refractivity contribution in [3.05, 3.63) is 0 Å². The first-order valence-corrected chi connectivity index (χ1v) is 4.35. The van der Waals surface area contributed by atoms with Crippen LogP contribution < -0.4 is 0 Å². The fraction of sp³-hybridized carbons (Fsp3) is 1.00. The number of hydrogen-bond acceptors (Lipinski definition) is 3. The van der Waals surface area contributed by atoms with Crippen LogP contribution in [0, 0.1) is 5.53 Å². The van der Waals surface area contributed by atoms with E-state index in [1.54, 1.807) is 0 Å². The van der Waals surface area contributed by atoms with Crippen molar-refractivity contribution in [3.8, 4) is 0 Å². The zero-order valence-corrected chi connectivity index (χ0v) is 7.61. The summed E-state index contributed by atoms with van der Waals surface area (Å²) in [5, 5.41) is 0. The van der Waals surface area contributed by atoms with Gasteiger partial charge in [-0.1, -0.05) is 11.4 Å². The first kappa shape index (κ1) is 8.98. The maximum absolute atomic E-state index is 7.34. The third-order valence-electron chi connectivity index (χ3n) is 2.03. The van der Waals surface area contributed by atoms with E-state index in [0.717, 1.165) is 17.7 Å². The van der Waals surface area contributed by atoms with E-state index in [1.165, 1.54) is 19.3 Å². The molecule has 0 aliphatic heterocycles. The first-order chi connectivity index (χ1) is 5.34. The third kappa shape index (κ3) is 2.78. The summed E-state index contributed by atoms with van der Waals surface area (Å²) in [5.74, 6) is 0. The largest absolute Gasteiger partial charge is 0.470 e. The Balaban J connectivity index is 2.27. The van der Waals surface area contributed by atoms with E-state index in [9.17, 15) is 0 Å². The van der Waals surface area contributed by atoms with Crippen LogP contribution in [0.4, 0.5) is 0 Å². The molecule has 0 saturated heterocycles. The Hall–Kier alpha value is -0.108. The molecule has 0 spiro atoms. The molecule has 0 amide bonds. The average molecular weight is 171 g/mol. The molecular weight excluding hydrogens is 159 g/mol. The molecule has 11 heavy (non-hydrogen) atoms. The molecule has 60 valence electrons. The lowest BCUT2D eigenvalue weighted by Crippen LogP contribution is -2.26. The Morgan fingerprint density at radius 3 is 2.45 bits per heavy atom. The Labute approximate surface area is 74.6 Å². The summed E-state index contributed by atoms with van der Waals surface area (Å²) in [6.07, 6.45) is 5.75. The number of rotatable bonds is 3. The molecule has 1 rings (SSSR count). The molecule has 5 heteroatoms.